The summed E-state index contributed by atoms with van der Waals surface area (Å²) in [5, 5.41) is 5.57. The van der Waals surface area contributed by atoms with Crippen LogP contribution in [0.25, 0.3) is 0 Å². The van der Waals surface area contributed by atoms with Gasteiger partial charge in [0.15, 0.2) is 0 Å². The largest absolute Gasteiger partial charge is 0.352 e. The molecule has 0 radical (unpaired) electrons. The first-order valence-electron chi connectivity index (χ1n) is 7.85. The summed E-state index contributed by atoms with van der Waals surface area (Å²) in [6, 6.07) is 14.0. The second-order valence-electron chi connectivity index (χ2n) is 5.88. The van der Waals surface area contributed by atoms with Crippen LogP contribution in [0.1, 0.15) is 31.0 Å². The van der Waals surface area contributed by atoms with Gasteiger partial charge in [-0.15, -0.1) is 0 Å². The van der Waals surface area contributed by atoms with Crippen LogP contribution in [-0.2, 0) is 16.0 Å². The van der Waals surface area contributed by atoms with E-state index < -0.39 is 6.04 Å². The maximum absolute atomic E-state index is 12.9. The topological polar surface area (TPSA) is 58.2 Å². The number of amides is 2. The van der Waals surface area contributed by atoms with E-state index in [1.54, 1.807) is 24.3 Å². The maximum Gasteiger partial charge on any atom is 0.247 e. The van der Waals surface area contributed by atoms with Crippen LogP contribution in [0, 0.1) is 5.82 Å². The van der Waals surface area contributed by atoms with Crippen molar-refractivity contribution in [3.63, 3.8) is 0 Å². The van der Waals surface area contributed by atoms with Crippen LogP contribution in [0.4, 0.5) is 4.39 Å². The molecule has 0 aliphatic rings. The molecule has 0 aliphatic heterocycles. The van der Waals surface area contributed by atoms with Gasteiger partial charge in [0.25, 0.3) is 0 Å². The molecule has 2 aromatic carbocycles. The lowest BCUT2D eigenvalue weighted by Crippen LogP contribution is -2.43. The Morgan fingerprint density at radius 2 is 1.58 bits per heavy atom. The van der Waals surface area contributed by atoms with E-state index in [2.05, 4.69) is 10.6 Å². The molecule has 0 saturated heterocycles. The van der Waals surface area contributed by atoms with Crippen molar-refractivity contribution in [3.8, 4) is 0 Å². The highest BCUT2D eigenvalue weighted by Gasteiger charge is 2.23. The molecule has 126 valence electrons. The van der Waals surface area contributed by atoms with Crippen molar-refractivity contribution in [1.82, 2.24) is 10.6 Å². The van der Waals surface area contributed by atoms with E-state index >= 15 is 0 Å². The van der Waals surface area contributed by atoms with Crippen LogP contribution in [0.5, 0.6) is 0 Å². The molecule has 0 fully saturated rings. The van der Waals surface area contributed by atoms with E-state index in [0.717, 1.165) is 0 Å². The zero-order valence-corrected chi connectivity index (χ0v) is 13.8. The number of benzene rings is 2. The maximum atomic E-state index is 12.9. The van der Waals surface area contributed by atoms with Crippen LogP contribution in [-0.4, -0.2) is 17.9 Å². The molecule has 5 heteroatoms. The van der Waals surface area contributed by atoms with E-state index in [4.69, 9.17) is 0 Å². The van der Waals surface area contributed by atoms with Crippen molar-refractivity contribution < 1.29 is 14.0 Å². The van der Waals surface area contributed by atoms with Gasteiger partial charge < -0.3 is 10.6 Å². The van der Waals surface area contributed by atoms with Gasteiger partial charge in [0, 0.05) is 6.04 Å². The Kier molecular flexibility index (Phi) is 6.07. The summed E-state index contributed by atoms with van der Waals surface area (Å²) in [6.45, 7) is 3.72. The van der Waals surface area contributed by atoms with Crippen LogP contribution < -0.4 is 10.6 Å². The Labute approximate surface area is 141 Å². The van der Waals surface area contributed by atoms with Crippen molar-refractivity contribution in [2.24, 2.45) is 0 Å². The highest BCUT2D eigenvalue weighted by Crippen LogP contribution is 2.14. The first-order chi connectivity index (χ1) is 11.5. The lowest BCUT2D eigenvalue weighted by Gasteiger charge is -2.20. The molecule has 1 atom stereocenters. The van der Waals surface area contributed by atoms with Gasteiger partial charge in [-0.05, 0) is 37.1 Å². The molecular formula is C19H21FN2O2. The standard InChI is InChI=1S/C19H21FN2O2/c1-13(2)21-19(24)18(15-6-4-3-5-7-15)22-17(23)12-14-8-10-16(20)11-9-14/h3-11,13,18H,12H2,1-2H3,(H,21,24)(H,22,23)/t18-/m0/s1. The summed E-state index contributed by atoms with van der Waals surface area (Å²) in [6.07, 6.45) is 0.0819. The summed E-state index contributed by atoms with van der Waals surface area (Å²) in [5.41, 5.74) is 1.40. The smallest absolute Gasteiger partial charge is 0.247 e. The number of hydrogen-bond acceptors (Lipinski definition) is 2. The molecular weight excluding hydrogens is 307 g/mol. The van der Waals surface area contributed by atoms with Crippen LogP contribution in [0.3, 0.4) is 0 Å². The van der Waals surface area contributed by atoms with Crippen LogP contribution >= 0.6 is 0 Å². The molecule has 0 unspecified atom stereocenters. The Hall–Kier alpha value is -2.69. The zero-order valence-electron chi connectivity index (χ0n) is 13.8. The van der Waals surface area contributed by atoms with Crippen LogP contribution in [0.2, 0.25) is 0 Å². The first kappa shape index (κ1) is 17.7. The molecule has 24 heavy (non-hydrogen) atoms. The van der Waals surface area contributed by atoms with E-state index in [9.17, 15) is 14.0 Å². The monoisotopic (exact) mass is 328 g/mol. The Morgan fingerprint density at radius 1 is 0.958 bits per heavy atom. The second-order valence-corrected chi connectivity index (χ2v) is 5.88. The van der Waals surface area contributed by atoms with Gasteiger partial charge in [-0.3, -0.25) is 9.59 Å². The Morgan fingerprint density at radius 3 is 2.17 bits per heavy atom. The number of carbonyl (C=O) groups is 2. The van der Waals surface area contributed by atoms with Crippen molar-refractivity contribution >= 4 is 11.8 Å². The number of hydrogen-bond donors (Lipinski definition) is 2. The Bertz CT molecular complexity index is 684. The molecule has 0 aromatic heterocycles. The zero-order chi connectivity index (χ0) is 17.5. The average Bonchev–Trinajstić information content (AvgIpc) is 2.55. The third-order valence-electron chi connectivity index (χ3n) is 3.41. The van der Waals surface area contributed by atoms with Crippen molar-refractivity contribution in [3.05, 3.63) is 71.5 Å². The summed E-state index contributed by atoms with van der Waals surface area (Å²) in [4.78, 5) is 24.7. The highest BCUT2D eigenvalue weighted by atomic mass is 19.1. The minimum atomic E-state index is -0.762. The predicted molar refractivity (Wildman–Crippen MR) is 90.7 cm³/mol. The minimum absolute atomic E-state index is 0.0299. The lowest BCUT2D eigenvalue weighted by molar-refractivity contribution is -0.129. The molecule has 0 heterocycles. The van der Waals surface area contributed by atoms with Gasteiger partial charge in [-0.25, -0.2) is 4.39 Å². The van der Waals surface area contributed by atoms with Gasteiger partial charge in [-0.1, -0.05) is 42.5 Å². The molecule has 0 spiro atoms. The molecule has 2 rings (SSSR count). The molecule has 4 nitrogen and oxygen atoms in total. The van der Waals surface area contributed by atoms with Gasteiger partial charge in [0.05, 0.1) is 6.42 Å². The fourth-order valence-corrected chi connectivity index (χ4v) is 2.31. The molecule has 0 aliphatic carbocycles. The third kappa shape index (κ3) is 5.19. The van der Waals surface area contributed by atoms with Crippen molar-refractivity contribution in [2.75, 3.05) is 0 Å². The highest BCUT2D eigenvalue weighted by molar-refractivity contribution is 5.89. The van der Waals surface area contributed by atoms with E-state index in [1.165, 1.54) is 12.1 Å². The normalized spacial score (nSPS) is 11.8. The van der Waals surface area contributed by atoms with Crippen molar-refractivity contribution in [1.29, 1.82) is 0 Å². The van der Waals surface area contributed by atoms with E-state index in [-0.39, 0.29) is 30.1 Å². The lowest BCUT2D eigenvalue weighted by atomic mass is 10.0. The first-order valence-corrected chi connectivity index (χ1v) is 7.85. The number of carbonyl (C=O) groups excluding carboxylic acids is 2. The third-order valence-corrected chi connectivity index (χ3v) is 3.41. The van der Waals surface area contributed by atoms with Gasteiger partial charge in [-0.2, -0.15) is 0 Å². The minimum Gasteiger partial charge on any atom is -0.352 e. The number of halogens is 1. The van der Waals surface area contributed by atoms with E-state index in [0.29, 0.717) is 11.1 Å². The molecule has 2 amide bonds. The number of nitrogens with one attached hydrogen (secondary N) is 2. The van der Waals surface area contributed by atoms with Crippen molar-refractivity contribution in [2.45, 2.75) is 32.4 Å². The summed E-state index contributed by atoms with van der Waals surface area (Å²) < 4.78 is 12.9. The fraction of sp³-hybridized carbons (Fsp3) is 0.263. The molecule has 2 aromatic rings. The second kappa shape index (κ2) is 8.24. The summed E-state index contributed by atoms with van der Waals surface area (Å²) in [5.74, 6) is -0.907. The van der Waals surface area contributed by atoms with Crippen LogP contribution in [0.15, 0.2) is 54.6 Å². The quantitative estimate of drug-likeness (QED) is 0.857. The number of rotatable bonds is 6. The Balaban J connectivity index is 2.11. The summed E-state index contributed by atoms with van der Waals surface area (Å²) >= 11 is 0. The van der Waals surface area contributed by atoms with Gasteiger partial charge in [0.1, 0.15) is 11.9 Å². The van der Waals surface area contributed by atoms with Gasteiger partial charge in [0.2, 0.25) is 11.8 Å². The summed E-state index contributed by atoms with van der Waals surface area (Å²) in [7, 11) is 0. The predicted octanol–water partition coefficient (Wildman–Crippen LogP) is 2.75. The molecule has 0 bridgehead atoms. The van der Waals surface area contributed by atoms with Gasteiger partial charge >= 0.3 is 0 Å². The fourth-order valence-electron chi connectivity index (χ4n) is 2.31. The molecule has 2 N–H and O–H groups in total. The SMILES string of the molecule is CC(C)NC(=O)[C@@H](NC(=O)Cc1ccc(F)cc1)c1ccccc1. The molecule has 0 saturated carbocycles. The van der Waals surface area contributed by atoms with E-state index in [1.807, 2.05) is 32.0 Å². The average molecular weight is 328 g/mol.